The third kappa shape index (κ3) is 3.65. The van der Waals surface area contributed by atoms with E-state index in [4.69, 9.17) is 4.74 Å². The van der Waals surface area contributed by atoms with Crippen LogP contribution in [0.2, 0.25) is 0 Å². The molecule has 8 heteroatoms. The Labute approximate surface area is 153 Å². The molecule has 0 saturated heterocycles. The van der Waals surface area contributed by atoms with E-state index in [9.17, 15) is 18.0 Å². The summed E-state index contributed by atoms with van der Waals surface area (Å²) in [6.45, 7) is 6.53. The predicted molar refractivity (Wildman–Crippen MR) is 98.1 cm³/mol. The summed E-state index contributed by atoms with van der Waals surface area (Å²) in [5.74, 6) is -0.792. The summed E-state index contributed by atoms with van der Waals surface area (Å²) in [6.07, 6.45) is 0. The third-order valence-electron chi connectivity index (χ3n) is 4.22. The maximum atomic E-state index is 12.9. The van der Waals surface area contributed by atoms with Crippen LogP contribution in [-0.2, 0) is 21.8 Å². The van der Waals surface area contributed by atoms with Crippen molar-refractivity contribution >= 4 is 27.5 Å². The van der Waals surface area contributed by atoms with E-state index < -0.39 is 16.0 Å². The minimum Gasteiger partial charge on any atom is -0.462 e. The predicted octanol–water partition coefficient (Wildman–Crippen LogP) is 2.82. The van der Waals surface area contributed by atoms with Gasteiger partial charge in [-0.05, 0) is 52.0 Å². The van der Waals surface area contributed by atoms with E-state index in [2.05, 4.69) is 4.72 Å². The number of hydrogen-bond donors (Lipinski definition) is 1. The van der Waals surface area contributed by atoms with Crippen LogP contribution in [0.3, 0.4) is 0 Å². The molecule has 1 aromatic heterocycles. The first kappa shape index (κ1) is 19.7. The van der Waals surface area contributed by atoms with Crippen molar-refractivity contribution in [3.8, 4) is 0 Å². The molecule has 0 aliphatic carbocycles. The van der Waals surface area contributed by atoms with Gasteiger partial charge in [-0.15, -0.1) is 0 Å². The molecular formula is C18H22N2O5S. The van der Waals surface area contributed by atoms with Gasteiger partial charge in [0.2, 0.25) is 0 Å². The molecule has 2 rings (SSSR count). The number of sulfonamides is 1. The molecule has 0 radical (unpaired) electrons. The third-order valence-corrected chi connectivity index (χ3v) is 5.76. The number of aromatic nitrogens is 1. The molecule has 1 aromatic carbocycles. The Kier molecular flexibility index (Phi) is 5.56. The second-order valence-corrected chi connectivity index (χ2v) is 7.51. The Morgan fingerprint density at radius 1 is 1.12 bits per heavy atom. The lowest BCUT2D eigenvalue weighted by molar-refractivity contribution is 0.0521. The highest BCUT2D eigenvalue weighted by molar-refractivity contribution is 7.92. The van der Waals surface area contributed by atoms with Crippen LogP contribution in [0.4, 0.5) is 5.69 Å². The van der Waals surface area contributed by atoms with Crippen molar-refractivity contribution in [1.82, 2.24) is 4.57 Å². The first-order valence-corrected chi connectivity index (χ1v) is 9.55. The van der Waals surface area contributed by atoms with Gasteiger partial charge in [-0.3, -0.25) is 9.52 Å². The highest BCUT2D eigenvalue weighted by Gasteiger charge is 2.31. The molecule has 1 N–H and O–H groups in total. The smallest absolute Gasteiger partial charge is 0.341 e. The van der Waals surface area contributed by atoms with E-state index in [0.29, 0.717) is 22.6 Å². The fraction of sp³-hybridized carbons (Fsp3) is 0.333. The molecule has 140 valence electrons. The zero-order chi connectivity index (χ0) is 19.6. The van der Waals surface area contributed by atoms with E-state index in [1.54, 1.807) is 32.4 Å². The lowest BCUT2D eigenvalue weighted by Gasteiger charge is -2.10. The second-order valence-electron chi connectivity index (χ2n) is 5.89. The maximum Gasteiger partial charge on any atom is 0.341 e. The van der Waals surface area contributed by atoms with Crippen molar-refractivity contribution in [2.45, 2.75) is 32.6 Å². The monoisotopic (exact) mass is 378 g/mol. The Bertz CT molecular complexity index is 956. The van der Waals surface area contributed by atoms with Gasteiger partial charge < -0.3 is 9.30 Å². The SMILES string of the molecule is CCOC(=O)c1c(S(=O)(=O)Nc2ccc(C(C)=O)cc2)c(C)n(C)c1C. The Morgan fingerprint density at radius 2 is 1.69 bits per heavy atom. The van der Waals surface area contributed by atoms with Crippen LogP contribution in [0.15, 0.2) is 29.2 Å². The number of rotatable bonds is 6. The number of benzene rings is 1. The number of nitrogens with zero attached hydrogens (tertiary/aromatic N) is 1. The first-order chi connectivity index (χ1) is 12.1. The second kappa shape index (κ2) is 7.33. The minimum atomic E-state index is -4.03. The van der Waals surface area contributed by atoms with Crippen molar-refractivity contribution in [1.29, 1.82) is 0 Å². The van der Waals surface area contributed by atoms with Crippen molar-refractivity contribution in [2.75, 3.05) is 11.3 Å². The summed E-state index contributed by atoms with van der Waals surface area (Å²) in [7, 11) is -2.34. The fourth-order valence-corrected chi connectivity index (χ4v) is 4.24. The van der Waals surface area contributed by atoms with Gasteiger partial charge in [-0.25, -0.2) is 13.2 Å². The number of carbonyl (C=O) groups is 2. The Morgan fingerprint density at radius 3 is 2.19 bits per heavy atom. The van der Waals surface area contributed by atoms with Crippen LogP contribution < -0.4 is 4.72 Å². The summed E-state index contributed by atoms with van der Waals surface area (Å²) in [5, 5.41) is 0. The maximum absolute atomic E-state index is 12.9. The molecule has 1 heterocycles. The molecule has 2 aromatic rings. The van der Waals surface area contributed by atoms with E-state index in [0.717, 1.165) is 0 Å². The van der Waals surface area contributed by atoms with E-state index in [1.807, 2.05) is 0 Å². The molecule has 0 aliphatic rings. The average Bonchev–Trinajstić information content (AvgIpc) is 2.80. The van der Waals surface area contributed by atoms with Crippen molar-refractivity contribution in [3.63, 3.8) is 0 Å². The Balaban J connectivity index is 2.50. The molecule has 7 nitrogen and oxygen atoms in total. The number of nitrogens with one attached hydrogen (secondary N) is 1. The van der Waals surface area contributed by atoms with Crippen molar-refractivity contribution in [3.05, 3.63) is 46.8 Å². The molecule has 0 atom stereocenters. The average molecular weight is 378 g/mol. The van der Waals surface area contributed by atoms with Crippen LogP contribution in [-0.4, -0.2) is 31.3 Å². The topological polar surface area (TPSA) is 94.5 Å². The molecule has 26 heavy (non-hydrogen) atoms. The number of Topliss-reactive ketones (excluding diaryl/α,β-unsaturated/α-hetero) is 1. The van der Waals surface area contributed by atoms with E-state index in [-0.39, 0.29) is 22.8 Å². The zero-order valence-electron chi connectivity index (χ0n) is 15.4. The summed E-state index contributed by atoms with van der Waals surface area (Å²) < 4.78 is 35.0. The number of ketones is 1. The summed E-state index contributed by atoms with van der Waals surface area (Å²) in [4.78, 5) is 23.5. The molecule has 0 spiro atoms. The molecule has 0 amide bonds. The molecule has 0 bridgehead atoms. The van der Waals surface area contributed by atoms with Crippen LogP contribution in [0.1, 0.15) is 46.0 Å². The van der Waals surface area contributed by atoms with Gasteiger partial charge in [0.1, 0.15) is 10.5 Å². The van der Waals surface area contributed by atoms with E-state index in [1.165, 1.54) is 31.2 Å². The minimum absolute atomic E-state index is 0.0275. The summed E-state index contributed by atoms with van der Waals surface area (Å²) >= 11 is 0. The van der Waals surface area contributed by atoms with Crippen LogP contribution in [0.5, 0.6) is 0 Å². The molecule has 0 saturated carbocycles. The molecule has 0 unspecified atom stereocenters. The fourth-order valence-electron chi connectivity index (χ4n) is 2.67. The van der Waals surface area contributed by atoms with E-state index >= 15 is 0 Å². The largest absolute Gasteiger partial charge is 0.462 e. The normalized spacial score (nSPS) is 11.3. The summed E-state index contributed by atoms with van der Waals surface area (Å²) in [5.41, 5.74) is 1.74. The summed E-state index contributed by atoms with van der Waals surface area (Å²) in [6, 6.07) is 6.08. The van der Waals surface area contributed by atoms with Gasteiger partial charge in [0.05, 0.1) is 6.61 Å². The van der Waals surface area contributed by atoms with Crippen LogP contribution in [0.25, 0.3) is 0 Å². The van der Waals surface area contributed by atoms with Gasteiger partial charge in [-0.1, -0.05) is 0 Å². The molecule has 0 aliphatic heterocycles. The number of carbonyl (C=O) groups excluding carboxylic acids is 2. The van der Waals surface area contributed by atoms with Gasteiger partial charge in [-0.2, -0.15) is 0 Å². The highest BCUT2D eigenvalue weighted by Crippen LogP contribution is 2.28. The number of anilines is 1. The number of esters is 1. The van der Waals surface area contributed by atoms with Crippen molar-refractivity contribution < 1.29 is 22.7 Å². The highest BCUT2D eigenvalue weighted by atomic mass is 32.2. The molecular weight excluding hydrogens is 356 g/mol. The van der Waals surface area contributed by atoms with Crippen LogP contribution >= 0.6 is 0 Å². The number of hydrogen-bond acceptors (Lipinski definition) is 5. The lowest BCUT2D eigenvalue weighted by atomic mass is 10.1. The van der Waals surface area contributed by atoms with Gasteiger partial charge >= 0.3 is 5.97 Å². The number of ether oxygens (including phenoxy) is 1. The first-order valence-electron chi connectivity index (χ1n) is 8.07. The molecule has 0 fully saturated rings. The van der Waals surface area contributed by atoms with Crippen LogP contribution in [0, 0.1) is 13.8 Å². The quantitative estimate of drug-likeness (QED) is 0.616. The zero-order valence-corrected chi connectivity index (χ0v) is 16.2. The van der Waals surface area contributed by atoms with Gasteiger partial charge in [0.15, 0.2) is 5.78 Å². The van der Waals surface area contributed by atoms with Crippen molar-refractivity contribution in [2.24, 2.45) is 7.05 Å². The lowest BCUT2D eigenvalue weighted by Crippen LogP contribution is -2.18. The standard InChI is InChI=1S/C18H22N2O5S/c1-6-25-18(22)16-11(2)20(5)12(3)17(16)26(23,24)19-15-9-7-14(8-10-15)13(4)21/h7-10,19H,6H2,1-5H3. The van der Waals surface area contributed by atoms with Gasteiger partial charge in [0, 0.05) is 29.7 Å². The Hall–Kier alpha value is -2.61. The van der Waals surface area contributed by atoms with Gasteiger partial charge in [0.25, 0.3) is 10.0 Å².